The molecule has 2 aromatic rings. The standard InChI is InChI=1S/C16H19NO4/c1-10-7-8-21-15(10)16(18)17-11(2)12-5-6-13(19-3)14(9-12)20-4/h5-9,11H,1-4H3,(H,17,18). The zero-order valence-corrected chi connectivity index (χ0v) is 12.6. The van der Waals surface area contributed by atoms with Crippen LogP contribution in [0.3, 0.4) is 0 Å². The van der Waals surface area contributed by atoms with Crippen LogP contribution in [0.2, 0.25) is 0 Å². The Morgan fingerprint density at radius 2 is 1.90 bits per heavy atom. The molecule has 1 atom stereocenters. The predicted molar refractivity (Wildman–Crippen MR) is 78.9 cm³/mol. The molecular formula is C16H19NO4. The van der Waals surface area contributed by atoms with Gasteiger partial charge in [-0.3, -0.25) is 4.79 Å². The lowest BCUT2D eigenvalue weighted by Crippen LogP contribution is -2.26. The van der Waals surface area contributed by atoms with Crippen molar-refractivity contribution < 1.29 is 18.7 Å². The Balaban J connectivity index is 2.15. The monoisotopic (exact) mass is 289 g/mol. The number of nitrogens with one attached hydrogen (secondary N) is 1. The van der Waals surface area contributed by atoms with Crippen molar-refractivity contribution >= 4 is 5.91 Å². The van der Waals surface area contributed by atoms with Gasteiger partial charge in [-0.15, -0.1) is 0 Å². The molecule has 5 heteroatoms. The summed E-state index contributed by atoms with van der Waals surface area (Å²) >= 11 is 0. The first-order valence-electron chi connectivity index (χ1n) is 6.63. The first kappa shape index (κ1) is 15.0. The number of amides is 1. The van der Waals surface area contributed by atoms with Gasteiger partial charge in [0, 0.05) is 5.56 Å². The minimum absolute atomic E-state index is 0.179. The van der Waals surface area contributed by atoms with Crippen LogP contribution in [-0.2, 0) is 0 Å². The van der Waals surface area contributed by atoms with Crippen LogP contribution >= 0.6 is 0 Å². The molecule has 0 aliphatic carbocycles. The summed E-state index contributed by atoms with van der Waals surface area (Å²) in [7, 11) is 3.17. The molecule has 112 valence electrons. The largest absolute Gasteiger partial charge is 0.493 e. The molecule has 5 nitrogen and oxygen atoms in total. The number of benzene rings is 1. The fraction of sp³-hybridized carbons (Fsp3) is 0.312. The van der Waals surface area contributed by atoms with Crippen molar-refractivity contribution in [3.63, 3.8) is 0 Å². The molecule has 1 amide bonds. The number of ether oxygens (including phenoxy) is 2. The summed E-state index contributed by atoms with van der Waals surface area (Å²) in [6.07, 6.45) is 1.51. The molecule has 1 aromatic carbocycles. The Morgan fingerprint density at radius 1 is 1.19 bits per heavy atom. The fourth-order valence-electron chi connectivity index (χ4n) is 2.07. The van der Waals surface area contributed by atoms with E-state index in [1.807, 2.05) is 32.0 Å². The molecule has 1 unspecified atom stereocenters. The average Bonchev–Trinajstić information content (AvgIpc) is 2.92. The van der Waals surface area contributed by atoms with E-state index in [-0.39, 0.29) is 11.9 Å². The summed E-state index contributed by atoms with van der Waals surface area (Å²) in [5, 5.41) is 2.90. The van der Waals surface area contributed by atoms with Crippen molar-refractivity contribution in [2.75, 3.05) is 14.2 Å². The van der Waals surface area contributed by atoms with E-state index in [9.17, 15) is 4.79 Å². The Morgan fingerprint density at radius 3 is 2.48 bits per heavy atom. The number of rotatable bonds is 5. The molecule has 0 fully saturated rings. The van der Waals surface area contributed by atoms with Crippen molar-refractivity contribution in [1.29, 1.82) is 0 Å². The highest BCUT2D eigenvalue weighted by atomic mass is 16.5. The highest BCUT2D eigenvalue weighted by molar-refractivity contribution is 5.93. The van der Waals surface area contributed by atoms with Crippen molar-refractivity contribution in [1.82, 2.24) is 5.32 Å². The first-order chi connectivity index (χ1) is 10.1. The molecule has 1 aromatic heterocycles. The molecule has 21 heavy (non-hydrogen) atoms. The maximum Gasteiger partial charge on any atom is 0.287 e. The van der Waals surface area contributed by atoms with E-state index in [1.165, 1.54) is 6.26 Å². The molecule has 0 radical (unpaired) electrons. The molecule has 1 N–H and O–H groups in total. The number of aryl methyl sites for hydroxylation is 1. The van der Waals surface area contributed by atoms with E-state index < -0.39 is 0 Å². The van der Waals surface area contributed by atoms with Crippen LogP contribution in [0, 0.1) is 6.92 Å². The van der Waals surface area contributed by atoms with Gasteiger partial charge in [0.15, 0.2) is 17.3 Å². The van der Waals surface area contributed by atoms with Crippen molar-refractivity contribution in [3.8, 4) is 11.5 Å². The third-order valence-electron chi connectivity index (χ3n) is 3.32. The lowest BCUT2D eigenvalue weighted by atomic mass is 10.1. The number of carbonyl (C=O) groups excluding carboxylic acids is 1. The molecule has 2 rings (SSSR count). The number of hydrogen-bond acceptors (Lipinski definition) is 4. The third kappa shape index (κ3) is 3.18. The summed E-state index contributed by atoms with van der Waals surface area (Å²) in [4.78, 5) is 12.1. The summed E-state index contributed by atoms with van der Waals surface area (Å²) in [5.41, 5.74) is 1.73. The Kier molecular flexibility index (Phi) is 4.52. The van der Waals surface area contributed by atoms with Crippen LogP contribution in [0.1, 0.15) is 34.6 Å². The summed E-state index contributed by atoms with van der Waals surface area (Å²) < 4.78 is 15.7. The summed E-state index contributed by atoms with van der Waals surface area (Å²) in [6.45, 7) is 3.73. The van der Waals surface area contributed by atoms with E-state index >= 15 is 0 Å². The normalized spacial score (nSPS) is 11.8. The third-order valence-corrected chi connectivity index (χ3v) is 3.32. The van der Waals surface area contributed by atoms with Crippen LogP contribution in [0.25, 0.3) is 0 Å². The molecule has 0 aliphatic heterocycles. The zero-order valence-electron chi connectivity index (χ0n) is 12.6. The van der Waals surface area contributed by atoms with Gasteiger partial charge in [-0.25, -0.2) is 0 Å². The number of carbonyl (C=O) groups is 1. The number of methoxy groups -OCH3 is 2. The summed E-state index contributed by atoms with van der Waals surface area (Å²) in [6, 6.07) is 7.13. The SMILES string of the molecule is COc1ccc(C(C)NC(=O)c2occc2C)cc1OC. The van der Waals surface area contributed by atoms with Gasteiger partial charge in [-0.1, -0.05) is 6.07 Å². The van der Waals surface area contributed by atoms with Crippen LogP contribution in [0.4, 0.5) is 0 Å². The lowest BCUT2D eigenvalue weighted by Gasteiger charge is -2.16. The van der Waals surface area contributed by atoms with Gasteiger partial charge in [0.1, 0.15) is 0 Å². The van der Waals surface area contributed by atoms with Crippen molar-refractivity contribution in [3.05, 3.63) is 47.4 Å². The molecule has 1 heterocycles. The van der Waals surface area contributed by atoms with E-state index in [1.54, 1.807) is 20.3 Å². The van der Waals surface area contributed by atoms with Gasteiger partial charge in [-0.05, 0) is 37.6 Å². The van der Waals surface area contributed by atoms with Gasteiger partial charge >= 0.3 is 0 Å². The molecule has 0 spiro atoms. The van der Waals surface area contributed by atoms with Gasteiger partial charge in [0.25, 0.3) is 5.91 Å². The van der Waals surface area contributed by atoms with Crippen LogP contribution in [0.15, 0.2) is 34.9 Å². The molecule has 0 saturated carbocycles. The van der Waals surface area contributed by atoms with Gasteiger partial charge in [0.2, 0.25) is 0 Å². The van der Waals surface area contributed by atoms with Gasteiger partial charge in [-0.2, -0.15) is 0 Å². The summed E-state index contributed by atoms with van der Waals surface area (Å²) in [5.74, 6) is 1.38. The van der Waals surface area contributed by atoms with Gasteiger partial charge in [0.05, 0.1) is 26.5 Å². The highest BCUT2D eigenvalue weighted by Crippen LogP contribution is 2.30. The molecular weight excluding hydrogens is 270 g/mol. The second-order valence-corrected chi connectivity index (χ2v) is 4.74. The number of furan rings is 1. The van der Waals surface area contributed by atoms with Crippen LogP contribution in [0.5, 0.6) is 11.5 Å². The fourth-order valence-corrected chi connectivity index (χ4v) is 2.07. The Bertz CT molecular complexity index is 633. The zero-order chi connectivity index (χ0) is 15.4. The topological polar surface area (TPSA) is 60.7 Å². The second-order valence-electron chi connectivity index (χ2n) is 4.74. The minimum Gasteiger partial charge on any atom is -0.493 e. The van der Waals surface area contributed by atoms with Crippen LogP contribution in [-0.4, -0.2) is 20.1 Å². The average molecular weight is 289 g/mol. The second kappa shape index (κ2) is 6.35. The maximum atomic E-state index is 12.1. The number of hydrogen-bond donors (Lipinski definition) is 1. The van der Waals surface area contributed by atoms with Crippen molar-refractivity contribution in [2.24, 2.45) is 0 Å². The van der Waals surface area contributed by atoms with Crippen LogP contribution < -0.4 is 14.8 Å². The first-order valence-corrected chi connectivity index (χ1v) is 6.63. The van der Waals surface area contributed by atoms with E-state index in [4.69, 9.17) is 13.9 Å². The lowest BCUT2D eigenvalue weighted by molar-refractivity contribution is 0.0911. The Hall–Kier alpha value is -2.43. The van der Waals surface area contributed by atoms with Crippen molar-refractivity contribution in [2.45, 2.75) is 19.9 Å². The maximum absolute atomic E-state index is 12.1. The highest BCUT2D eigenvalue weighted by Gasteiger charge is 2.17. The molecule has 0 bridgehead atoms. The van der Waals surface area contributed by atoms with E-state index in [0.717, 1.165) is 11.1 Å². The smallest absolute Gasteiger partial charge is 0.287 e. The van der Waals surface area contributed by atoms with Gasteiger partial charge < -0.3 is 19.2 Å². The minimum atomic E-state index is -0.236. The van der Waals surface area contributed by atoms with E-state index in [0.29, 0.717) is 17.3 Å². The Labute approximate surface area is 123 Å². The predicted octanol–water partition coefficient (Wildman–Crippen LogP) is 3.10. The molecule has 0 saturated heterocycles. The quantitative estimate of drug-likeness (QED) is 0.918. The van der Waals surface area contributed by atoms with E-state index in [2.05, 4.69) is 5.32 Å². The molecule has 0 aliphatic rings.